The second-order valence-electron chi connectivity index (χ2n) is 9.41. The fourth-order valence-electron chi connectivity index (χ4n) is 4.96. The molecule has 40 heavy (non-hydrogen) atoms. The van der Waals surface area contributed by atoms with Crippen LogP contribution in [0.15, 0.2) is 84.9 Å². The first-order valence-corrected chi connectivity index (χ1v) is 12.8. The van der Waals surface area contributed by atoms with E-state index < -0.39 is 24.1 Å². The number of carboxylic acids is 1. The van der Waals surface area contributed by atoms with E-state index in [1.807, 2.05) is 80.6 Å². The molecule has 8 heteroatoms. The molecule has 0 bridgehead atoms. The first kappa shape index (κ1) is 28.4. The van der Waals surface area contributed by atoms with Crippen LogP contribution >= 0.6 is 0 Å². The maximum absolute atomic E-state index is 13.5. The van der Waals surface area contributed by atoms with Gasteiger partial charge in [0.05, 0.1) is 14.2 Å². The third-order valence-electron chi connectivity index (χ3n) is 6.75. The van der Waals surface area contributed by atoms with Crippen molar-refractivity contribution >= 4 is 11.8 Å². The van der Waals surface area contributed by atoms with Crippen molar-refractivity contribution in [1.29, 1.82) is 0 Å². The number of methoxy groups -OCH3 is 2. The van der Waals surface area contributed by atoms with Gasteiger partial charge in [-0.25, -0.2) is 9.97 Å². The first-order valence-electron chi connectivity index (χ1n) is 12.8. The van der Waals surface area contributed by atoms with E-state index in [1.54, 1.807) is 18.2 Å². The van der Waals surface area contributed by atoms with Gasteiger partial charge in [0.2, 0.25) is 0 Å². The largest absolute Gasteiger partial charge is 0.493 e. The maximum Gasteiger partial charge on any atom is 0.310 e. The number of carbonyl (C=O) groups excluding carboxylic acids is 1. The molecular weight excluding hydrogens is 508 g/mol. The Bertz CT molecular complexity index is 1410. The molecule has 8 nitrogen and oxygen atoms in total. The van der Waals surface area contributed by atoms with Crippen LogP contribution in [-0.4, -0.2) is 47.7 Å². The van der Waals surface area contributed by atoms with Gasteiger partial charge in [-0.1, -0.05) is 60.7 Å². The number of carboxylic acid groups (broad SMARTS) is 1. The average molecular weight is 541 g/mol. The number of aryl methyl sites for hydroxylation is 2. The van der Waals surface area contributed by atoms with Crippen LogP contribution in [0.5, 0.6) is 11.5 Å². The van der Waals surface area contributed by atoms with Crippen molar-refractivity contribution in [1.82, 2.24) is 9.97 Å². The lowest BCUT2D eigenvalue weighted by atomic mass is 9.74. The standard InChI is InChI=1S/C32H32N2O6/c1-21-17-22(2)34-30(33-21)19-26(31(36)37)32(24-11-7-5-8-12-24,25-13-9-6-10-14-25)40-20-27(35)23-15-16-28(38-3)29(18-23)39-4/h5-18,26H,19-20H2,1-4H3,(H,36,37)/t26-/m1/s1. The lowest BCUT2D eigenvalue weighted by Crippen LogP contribution is -2.46. The predicted molar refractivity (Wildman–Crippen MR) is 150 cm³/mol. The minimum absolute atomic E-state index is 0.0216. The molecule has 1 N–H and O–H groups in total. The number of ketones is 1. The van der Waals surface area contributed by atoms with E-state index in [4.69, 9.17) is 14.2 Å². The summed E-state index contributed by atoms with van der Waals surface area (Å²) >= 11 is 0. The fourth-order valence-corrected chi connectivity index (χ4v) is 4.96. The molecule has 1 atom stereocenters. The number of Topliss-reactive ketones (excluding diaryl/α,β-unsaturated/α-hetero) is 1. The molecule has 0 radical (unpaired) electrons. The lowest BCUT2D eigenvalue weighted by molar-refractivity contribution is -0.154. The van der Waals surface area contributed by atoms with Gasteiger partial charge in [-0.05, 0) is 49.2 Å². The van der Waals surface area contributed by atoms with Crippen LogP contribution in [0, 0.1) is 19.8 Å². The fraction of sp³-hybridized carbons (Fsp3) is 0.250. The molecule has 0 aliphatic carbocycles. The zero-order valence-corrected chi connectivity index (χ0v) is 23.0. The van der Waals surface area contributed by atoms with Crippen molar-refractivity contribution in [2.24, 2.45) is 5.92 Å². The van der Waals surface area contributed by atoms with E-state index in [0.29, 0.717) is 34.0 Å². The van der Waals surface area contributed by atoms with E-state index in [1.165, 1.54) is 14.2 Å². The van der Waals surface area contributed by atoms with Crippen LogP contribution in [0.3, 0.4) is 0 Å². The average Bonchev–Trinajstić information content (AvgIpc) is 2.96. The number of aromatic nitrogens is 2. The van der Waals surface area contributed by atoms with Gasteiger partial charge >= 0.3 is 5.97 Å². The van der Waals surface area contributed by atoms with Crippen LogP contribution in [-0.2, 0) is 21.6 Å². The van der Waals surface area contributed by atoms with Gasteiger partial charge in [0.25, 0.3) is 0 Å². The summed E-state index contributed by atoms with van der Waals surface area (Å²) in [4.78, 5) is 35.6. The Morgan fingerprint density at radius 2 is 1.35 bits per heavy atom. The number of carbonyl (C=O) groups is 2. The van der Waals surface area contributed by atoms with Crippen molar-refractivity contribution < 1.29 is 28.9 Å². The summed E-state index contributed by atoms with van der Waals surface area (Å²) in [6, 6.07) is 24.9. The Kier molecular flexibility index (Phi) is 8.91. The van der Waals surface area contributed by atoms with E-state index >= 15 is 0 Å². The van der Waals surface area contributed by atoms with Crippen molar-refractivity contribution in [2.75, 3.05) is 20.8 Å². The Balaban J connectivity index is 1.84. The molecule has 1 heterocycles. The minimum atomic E-state index is -1.54. The summed E-state index contributed by atoms with van der Waals surface area (Å²) < 4.78 is 17.2. The topological polar surface area (TPSA) is 108 Å². The van der Waals surface area contributed by atoms with Gasteiger partial charge in [-0.2, -0.15) is 0 Å². The highest BCUT2D eigenvalue weighted by Gasteiger charge is 2.48. The van der Waals surface area contributed by atoms with Gasteiger partial charge in [0.1, 0.15) is 24.0 Å². The first-order chi connectivity index (χ1) is 19.3. The molecule has 1 aromatic heterocycles. The summed E-state index contributed by atoms with van der Waals surface area (Å²) in [5, 5.41) is 10.7. The number of benzene rings is 3. The van der Waals surface area contributed by atoms with Gasteiger partial charge in [-0.15, -0.1) is 0 Å². The Morgan fingerprint density at radius 1 is 0.800 bits per heavy atom. The Hall–Kier alpha value is -4.56. The molecule has 0 saturated heterocycles. The van der Waals surface area contributed by atoms with Crippen molar-refractivity contribution in [3.8, 4) is 11.5 Å². The number of nitrogens with zero attached hydrogens (tertiary/aromatic N) is 2. The van der Waals surface area contributed by atoms with Crippen LogP contribution in [0.4, 0.5) is 0 Å². The minimum Gasteiger partial charge on any atom is -0.493 e. The van der Waals surface area contributed by atoms with E-state index in [0.717, 1.165) is 11.4 Å². The van der Waals surface area contributed by atoms with Crippen molar-refractivity contribution in [2.45, 2.75) is 25.9 Å². The summed E-state index contributed by atoms with van der Waals surface area (Å²) in [5.74, 6) is -1.34. The number of ether oxygens (including phenoxy) is 3. The summed E-state index contributed by atoms with van der Waals surface area (Å²) in [5.41, 5.74) is 1.47. The highest BCUT2D eigenvalue weighted by atomic mass is 16.5. The van der Waals surface area contributed by atoms with E-state index in [-0.39, 0.29) is 12.2 Å². The molecule has 0 aliphatic heterocycles. The third-order valence-corrected chi connectivity index (χ3v) is 6.75. The zero-order chi connectivity index (χ0) is 28.7. The van der Waals surface area contributed by atoms with Crippen LogP contribution in [0.25, 0.3) is 0 Å². The van der Waals surface area contributed by atoms with E-state index in [9.17, 15) is 14.7 Å². The molecule has 3 aromatic carbocycles. The number of rotatable bonds is 12. The monoisotopic (exact) mass is 540 g/mol. The SMILES string of the molecule is COc1ccc(C(=O)COC(c2ccccc2)(c2ccccc2)[C@H](Cc2nc(C)cc(C)n2)C(=O)O)cc1OC. The normalized spacial score (nSPS) is 12.0. The molecule has 4 rings (SSSR count). The second-order valence-corrected chi connectivity index (χ2v) is 9.41. The molecule has 0 amide bonds. The number of hydrogen-bond donors (Lipinski definition) is 1. The Morgan fingerprint density at radius 3 is 1.85 bits per heavy atom. The predicted octanol–water partition coefficient (Wildman–Crippen LogP) is 5.20. The van der Waals surface area contributed by atoms with Gasteiger partial charge in [0, 0.05) is 23.4 Å². The summed E-state index contributed by atoms with van der Waals surface area (Å²) in [6.45, 7) is 3.29. The molecule has 0 saturated carbocycles. The molecule has 0 aliphatic rings. The Labute approximate surface area is 233 Å². The smallest absolute Gasteiger partial charge is 0.310 e. The van der Waals surface area contributed by atoms with Crippen LogP contribution in [0.2, 0.25) is 0 Å². The van der Waals surface area contributed by atoms with Gasteiger partial charge in [-0.3, -0.25) is 9.59 Å². The van der Waals surface area contributed by atoms with E-state index in [2.05, 4.69) is 9.97 Å². The highest BCUT2D eigenvalue weighted by molar-refractivity contribution is 5.97. The van der Waals surface area contributed by atoms with Crippen LogP contribution in [0.1, 0.15) is 38.7 Å². The number of aliphatic carboxylic acids is 1. The second kappa shape index (κ2) is 12.5. The molecular formula is C32H32N2O6. The zero-order valence-electron chi connectivity index (χ0n) is 23.0. The molecule has 0 unspecified atom stereocenters. The summed E-state index contributed by atoms with van der Waals surface area (Å²) in [6.07, 6.45) is -0.0216. The molecule has 0 spiro atoms. The third kappa shape index (κ3) is 6.02. The molecule has 0 fully saturated rings. The number of hydrogen-bond acceptors (Lipinski definition) is 7. The highest BCUT2D eigenvalue weighted by Crippen LogP contribution is 2.42. The maximum atomic E-state index is 13.5. The van der Waals surface area contributed by atoms with Gasteiger partial charge in [0.15, 0.2) is 17.3 Å². The van der Waals surface area contributed by atoms with Crippen molar-refractivity contribution in [3.05, 3.63) is 119 Å². The molecule has 4 aromatic rings. The van der Waals surface area contributed by atoms with Crippen LogP contribution < -0.4 is 9.47 Å². The van der Waals surface area contributed by atoms with Crippen molar-refractivity contribution in [3.63, 3.8) is 0 Å². The molecule has 206 valence electrons. The summed E-state index contributed by atoms with van der Waals surface area (Å²) in [7, 11) is 3.01. The van der Waals surface area contributed by atoms with Gasteiger partial charge < -0.3 is 19.3 Å². The lowest BCUT2D eigenvalue weighted by Gasteiger charge is -2.39. The quantitative estimate of drug-likeness (QED) is 0.245.